The number of hydrogen-bond donors (Lipinski definition) is 2. The zero-order valence-electron chi connectivity index (χ0n) is 13.7. The van der Waals surface area contributed by atoms with Crippen LogP contribution in [0.2, 0.25) is 5.02 Å². The number of amides is 1. The van der Waals surface area contributed by atoms with Gasteiger partial charge in [0.25, 0.3) is 0 Å². The van der Waals surface area contributed by atoms with Crippen LogP contribution in [0.15, 0.2) is 48.5 Å². The molecule has 0 radical (unpaired) electrons. The summed E-state index contributed by atoms with van der Waals surface area (Å²) < 4.78 is 31.8. The highest BCUT2D eigenvalue weighted by Gasteiger charge is 2.14. The summed E-state index contributed by atoms with van der Waals surface area (Å²) >= 11 is 5.77. The molecule has 0 aliphatic rings. The van der Waals surface area contributed by atoms with Crippen LogP contribution in [0.3, 0.4) is 0 Å². The summed E-state index contributed by atoms with van der Waals surface area (Å²) in [7, 11) is -3.64. The Morgan fingerprint density at radius 2 is 1.80 bits per heavy atom. The molecule has 0 saturated heterocycles. The quantitative estimate of drug-likeness (QED) is 0.735. The second kappa shape index (κ2) is 8.84. The second-order valence-corrected chi connectivity index (χ2v) is 7.43. The van der Waals surface area contributed by atoms with Gasteiger partial charge < -0.3 is 10.1 Å². The Morgan fingerprint density at radius 3 is 2.48 bits per heavy atom. The monoisotopic (exact) mass is 382 g/mol. The average molecular weight is 383 g/mol. The molecular formula is C17H19ClN2O4S. The van der Waals surface area contributed by atoms with Crippen molar-refractivity contribution < 1.29 is 17.9 Å². The van der Waals surface area contributed by atoms with Gasteiger partial charge in [-0.25, -0.2) is 13.1 Å². The van der Waals surface area contributed by atoms with Crippen LogP contribution in [-0.4, -0.2) is 27.5 Å². The van der Waals surface area contributed by atoms with Crippen molar-refractivity contribution in [2.75, 3.05) is 18.5 Å². The third-order valence-electron chi connectivity index (χ3n) is 3.18. The first kappa shape index (κ1) is 19.2. The number of hydrogen-bond acceptors (Lipinski definition) is 4. The van der Waals surface area contributed by atoms with Crippen LogP contribution < -0.4 is 14.8 Å². The summed E-state index contributed by atoms with van der Waals surface area (Å²) in [6.45, 7) is 1.93. The zero-order chi connectivity index (χ0) is 18.3. The number of nitrogens with one attached hydrogen (secondary N) is 2. The highest BCUT2D eigenvalue weighted by molar-refractivity contribution is 7.88. The molecule has 0 aromatic heterocycles. The van der Waals surface area contributed by atoms with E-state index in [4.69, 9.17) is 16.3 Å². The van der Waals surface area contributed by atoms with Gasteiger partial charge in [-0.3, -0.25) is 4.79 Å². The van der Waals surface area contributed by atoms with Crippen LogP contribution in [0.5, 0.6) is 5.75 Å². The lowest BCUT2D eigenvalue weighted by Crippen LogP contribution is -2.33. The van der Waals surface area contributed by atoms with Gasteiger partial charge in [-0.15, -0.1) is 0 Å². The van der Waals surface area contributed by atoms with E-state index in [1.165, 1.54) is 0 Å². The largest absolute Gasteiger partial charge is 0.492 e. The van der Waals surface area contributed by atoms with Crippen molar-refractivity contribution in [2.45, 2.75) is 12.7 Å². The summed E-state index contributed by atoms with van der Waals surface area (Å²) in [5.74, 6) is -0.179. The Bertz CT molecular complexity index is 823. The van der Waals surface area contributed by atoms with Crippen LogP contribution in [0.4, 0.5) is 5.69 Å². The first-order valence-electron chi connectivity index (χ1n) is 7.63. The molecule has 0 atom stereocenters. The Labute approximate surface area is 152 Å². The molecular weight excluding hydrogens is 364 g/mol. The summed E-state index contributed by atoms with van der Waals surface area (Å²) in [6.07, 6.45) is 0. The van der Waals surface area contributed by atoms with Crippen molar-refractivity contribution in [3.63, 3.8) is 0 Å². The predicted octanol–water partition coefficient (Wildman–Crippen LogP) is 2.80. The number of anilines is 1. The van der Waals surface area contributed by atoms with Crippen molar-refractivity contribution >= 4 is 33.2 Å². The van der Waals surface area contributed by atoms with E-state index in [0.717, 1.165) is 0 Å². The molecule has 8 heteroatoms. The Balaban J connectivity index is 1.91. The number of sulfonamides is 1. The van der Waals surface area contributed by atoms with E-state index >= 15 is 0 Å². The van der Waals surface area contributed by atoms with E-state index in [1.807, 2.05) is 6.92 Å². The fourth-order valence-electron chi connectivity index (χ4n) is 2.07. The van der Waals surface area contributed by atoms with Gasteiger partial charge in [0.2, 0.25) is 15.9 Å². The summed E-state index contributed by atoms with van der Waals surface area (Å²) in [5, 5.41) is 3.16. The van der Waals surface area contributed by atoms with E-state index in [-0.39, 0.29) is 12.3 Å². The molecule has 0 aliphatic carbocycles. The summed E-state index contributed by atoms with van der Waals surface area (Å²) in [4.78, 5) is 12.0. The lowest BCUT2D eigenvalue weighted by Gasteiger charge is -2.12. The number of para-hydroxylation sites is 2. The molecule has 134 valence electrons. The van der Waals surface area contributed by atoms with Gasteiger partial charge in [0.05, 0.1) is 24.6 Å². The maximum Gasteiger partial charge on any atom is 0.239 e. The van der Waals surface area contributed by atoms with Gasteiger partial charge in [-0.05, 0) is 36.8 Å². The Morgan fingerprint density at radius 1 is 1.12 bits per heavy atom. The molecule has 0 fully saturated rings. The minimum Gasteiger partial charge on any atom is -0.492 e. The number of carbonyl (C=O) groups excluding carboxylic acids is 1. The van der Waals surface area contributed by atoms with Crippen LogP contribution >= 0.6 is 11.6 Å². The number of rotatable bonds is 8. The molecule has 6 nitrogen and oxygen atoms in total. The van der Waals surface area contributed by atoms with Gasteiger partial charge in [-0.2, -0.15) is 0 Å². The Hall–Kier alpha value is -2.09. The fraction of sp³-hybridized carbons (Fsp3) is 0.235. The minimum atomic E-state index is -3.64. The normalized spacial score (nSPS) is 11.1. The highest BCUT2D eigenvalue weighted by Crippen LogP contribution is 2.23. The molecule has 0 aliphatic heterocycles. The molecule has 0 heterocycles. The topological polar surface area (TPSA) is 84.5 Å². The Kier molecular flexibility index (Phi) is 6.81. The van der Waals surface area contributed by atoms with Gasteiger partial charge in [0, 0.05) is 5.02 Å². The highest BCUT2D eigenvalue weighted by atomic mass is 35.5. The molecule has 2 aromatic rings. The summed E-state index contributed by atoms with van der Waals surface area (Å²) in [6, 6.07) is 13.4. The lowest BCUT2D eigenvalue weighted by atomic mass is 10.2. The molecule has 2 rings (SSSR count). The molecule has 0 unspecified atom stereocenters. The number of halogens is 1. The third-order valence-corrected chi connectivity index (χ3v) is 4.73. The van der Waals surface area contributed by atoms with Crippen LogP contribution in [0.25, 0.3) is 0 Å². The second-order valence-electron chi connectivity index (χ2n) is 5.18. The van der Waals surface area contributed by atoms with Crippen LogP contribution in [0.1, 0.15) is 12.5 Å². The summed E-state index contributed by atoms with van der Waals surface area (Å²) in [5.41, 5.74) is 1.07. The van der Waals surface area contributed by atoms with Crippen molar-refractivity contribution in [3.8, 4) is 5.75 Å². The molecule has 25 heavy (non-hydrogen) atoms. The van der Waals surface area contributed by atoms with E-state index in [2.05, 4.69) is 10.0 Å². The number of benzene rings is 2. The molecule has 0 saturated carbocycles. The first-order chi connectivity index (χ1) is 11.9. The van der Waals surface area contributed by atoms with E-state index in [9.17, 15) is 13.2 Å². The van der Waals surface area contributed by atoms with Crippen molar-refractivity contribution in [1.29, 1.82) is 0 Å². The maximum atomic E-state index is 12.1. The molecule has 0 bridgehead atoms. The fourth-order valence-corrected chi connectivity index (χ4v) is 3.28. The van der Waals surface area contributed by atoms with E-state index < -0.39 is 15.9 Å². The van der Waals surface area contributed by atoms with E-state index in [0.29, 0.717) is 28.6 Å². The van der Waals surface area contributed by atoms with Crippen molar-refractivity contribution in [2.24, 2.45) is 0 Å². The van der Waals surface area contributed by atoms with Crippen LogP contribution in [-0.2, 0) is 20.6 Å². The third kappa shape index (κ3) is 6.38. The molecule has 2 N–H and O–H groups in total. The molecule has 2 aromatic carbocycles. The number of ether oxygens (including phenoxy) is 1. The van der Waals surface area contributed by atoms with E-state index in [1.54, 1.807) is 48.5 Å². The maximum absolute atomic E-state index is 12.1. The van der Waals surface area contributed by atoms with Crippen LogP contribution in [0, 0.1) is 0 Å². The lowest BCUT2D eigenvalue weighted by molar-refractivity contribution is -0.115. The smallest absolute Gasteiger partial charge is 0.239 e. The van der Waals surface area contributed by atoms with Gasteiger partial charge in [0.1, 0.15) is 5.75 Å². The van der Waals surface area contributed by atoms with Crippen molar-refractivity contribution in [1.82, 2.24) is 4.72 Å². The SMILES string of the molecule is CCOc1ccccc1NC(=O)CNS(=O)(=O)Cc1ccc(Cl)cc1. The number of carbonyl (C=O) groups is 1. The predicted molar refractivity (Wildman–Crippen MR) is 98.3 cm³/mol. The van der Waals surface area contributed by atoms with Gasteiger partial charge in [0.15, 0.2) is 0 Å². The average Bonchev–Trinajstić information content (AvgIpc) is 2.57. The first-order valence-corrected chi connectivity index (χ1v) is 9.66. The standard InChI is InChI=1S/C17H19ClN2O4S/c1-2-24-16-6-4-3-5-15(16)20-17(21)11-19-25(22,23)12-13-7-9-14(18)10-8-13/h3-10,19H,2,11-12H2,1H3,(H,20,21). The molecule has 0 spiro atoms. The zero-order valence-corrected chi connectivity index (χ0v) is 15.2. The molecule has 1 amide bonds. The van der Waals surface area contributed by atoms with Gasteiger partial charge >= 0.3 is 0 Å². The van der Waals surface area contributed by atoms with Gasteiger partial charge in [-0.1, -0.05) is 35.9 Å². The minimum absolute atomic E-state index is 0.229. The van der Waals surface area contributed by atoms with Crippen molar-refractivity contribution in [3.05, 3.63) is 59.1 Å².